The van der Waals surface area contributed by atoms with E-state index in [0.29, 0.717) is 22.5 Å². The average Bonchev–Trinajstić information content (AvgIpc) is 2.58. The van der Waals surface area contributed by atoms with E-state index >= 15 is 0 Å². The molecular weight excluding hydrogens is 261 g/mol. The van der Waals surface area contributed by atoms with E-state index in [9.17, 15) is 4.79 Å². The number of aliphatic imine (C=N–C) groups is 1. The number of amides is 1. The zero-order valence-electron chi connectivity index (χ0n) is 9.00. The monoisotopic (exact) mass is 269 g/mol. The highest BCUT2D eigenvalue weighted by atomic mass is 35.5. The summed E-state index contributed by atoms with van der Waals surface area (Å²) in [4.78, 5) is 17.8. The maximum Gasteiger partial charge on any atom is 0.249 e. The molecule has 0 aliphatic carbocycles. The zero-order chi connectivity index (χ0) is 12.2. The van der Waals surface area contributed by atoms with Crippen LogP contribution in [0.1, 0.15) is 12.5 Å². The lowest BCUT2D eigenvalue weighted by molar-refractivity contribution is -0.121. The number of fused-ring (bicyclic) bond motifs is 2. The molecule has 3 rings (SSSR count). The standard InChI is InChI=1S/C11H9Cl2N3O/c1-5-10(17)15-11-14-8-3-2-7(12)9(13)6(8)4-16(5)11/h2-3,5H,4H2,1H3,(H,14,15,17)/t5-/m0/s1. The fourth-order valence-corrected chi connectivity index (χ4v) is 2.43. The van der Waals surface area contributed by atoms with Gasteiger partial charge in [0.2, 0.25) is 11.9 Å². The molecule has 0 spiro atoms. The van der Waals surface area contributed by atoms with Crippen molar-refractivity contribution in [2.75, 3.05) is 0 Å². The van der Waals surface area contributed by atoms with Crippen LogP contribution >= 0.6 is 23.2 Å². The third-order valence-electron chi connectivity index (χ3n) is 3.08. The van der Waals surface area contributed by atoms with Crippen LogP contribution in [0.2, 0.25) is 10.0 Å². The number of hydrogen-bond acceptors (Lipinski definition) is 3. The predicted octanol–water partition coefficient (Wildman–Crippen LogP) is 2.31. The van der Waals surface area contributed by atoms with Gasteiger partial charge in [0.25, 0.3) is 0 Å². The van der Waals surface area contributed by atoms with E-state index in [1.54, 1.807) is 6.07 Å². The highest BCUT2D eigenvalue weighted by Crippen LogP contribution is 2.37. The molecule has 17 heavy (non-hydrogen) atoms. The van der Waals surface area contributed by atoms with E-state index in [2.05, 4.69) is 10.3 Å². The number of halogens is 2. The van der Waals surface area contributed by atoms with Gasteiger partial charge < -0.3 is 4.90 Å². The van der Waals surface area contributed by atoms with Crippen molar-refractivity contribution in [2.24, 2.45) is 4.99 Å². The molecule has 1 saturated heterocycles. The summed E-state index contributed by atoms with van der Waals surface area (Å²) in [5.74, 6) is 0.548. The molecule has 0 radical (unpaired) electrons. The number of carbonyl (C=O) groups excluding carboxylic acids is 1. The summed E-state index contributed by atoms with van der Waals surface area (Å²) in [7, 11) is 0. The Bertz CT molecular complexity index is 556. The van der Waals surface area contributed by atoms with Crippen molar-refractivity contribution in [3.8, 4) is 0 Å². The Balaban J connectivity index is 2.12. The Hall–Kier alpha value is -1.26. The maximum absolute atomic E-state index is 11.6. The summed E-state index contributed by atoms with van der Waals surface area (Å²) < 4.78 is 0. The van der Waals surface area contributed by atoms with Crippen molar-refractivity contribution in [2.45, 2.75) is 19.5 Å². The molecule has 1 N–H and O–H groups in total. The number of hydrogen-bond donors (Lipinski definition) is 1. The van der Waals surface area contributed by atoms with E-state index < -0.39 is 0 Å². The SMILES string of the molecule is C[C@H]1C(=O)NC2=Nc3ccc(Cl)c(Cl)c3CN21. The van der Waals surface area contributed by atoms with E-state index in [1.165, 1.54) is 0 Å². The first-order chi connectivity index (χ1) is 8.08. The normalized spacial score (nSPS) is 21.8. The van der Waals surface area contributed by atoms with Crippen molar-refractivity contribution >= 4 is 40.8 Å². The van der Waals surface area contributed by atoms with Crippen LogP contribution in [-0.4, -0.2) is 22.8 Å². The second-order valence-corrected chi connectivity index (χ2v) is 4.87. The topological polar surface area (TPSA) is 44.7 Å². The molecule has 0 saturated carbocycles. The minimum Gasteiger partial charge on any atom is -0.326 e. The quantitative estimate of drug-likeness (QED) is 0.786. The van der Waals surface area contributed by atoms with Gasteiger partial charge in [-0.05, 0) is 19.1 Å². The second-order valence-electron chi connectivity index (χ2n) is 4.09. The number of carbonyl (C=O) groups is 1. The maximum atomic E-state index is 11.6. The number of rotatable bonds is 0. The average molecular weight is 270 g/mol. The van der Waals surface area contributed by atoms with Crippen LogP contribution < -0.4 is 5.32 Å². The molecule has 1 aromatic rings. The van der Waals surface area contributed by atoms with Crippen molar-refractivity contribution in [1.29, 1.82) is 0 Å². The van der Waals surface area contributed by atoms with Crippen LogP contribution in [0.15, 0.2) is 17.1 Å². The van der Waals surface area contributed by atoms with Gasteiger partial charge in [0.1, 0.15) is 6.04 Å². The Morgan fingerprint density at radius 1 is 1.47 bits per heavy atom. The van der Waals surface area contributed by atoms with E-state index in [1.807, 2.05) is 17.9 Å². The van der Waals surface area contributed by atoms with Gasteiger partial charge in [0.15, 0.2) is 0 Å². The van der Waals surface area contributed by atoms with Crippen molar-refractivity contribution in [3.05, 3.63) is 27.7 Å². The fraction of sp³-hybridized carbons (Fsp3) is 0.273. The molecule has 2 aliphatic heterocycles. The molecule has 0 aromatic heterocycles. The van der Waals surface area contributed by atoms with E-state index in [-0.39, 0.29) is 11.9 Å². The number of benzene rings is 1. The van der Waals surface area contributed by atoms with Gasteiger partial charge >= 0.3 is 0 Å². The molecule has 0 unspecified atom stereocenters. The van der Waals surface area contributed by atoms with E-state index in [4.69, 9.17) is 23.2 Å². The highest BCUT2D eigenvalue weighted by Gasteiger charge is 2.36. The largest absolute Gasteiger partial charge is 0.326 e. The summed E-state index contributed by atoms with van der Waals surface area (Å²) in [5, 5.41) is 3.76. The van der Waals surface area contributed by atoms with Crippen molar-refractivity contribution in [1.82, 2.24) is 10.2 Å². The fourth-order valence-electron chi connectivity index (χ4n) is 2.04. The molecule has 1 atom stereocenters. The minimum atomic E-state index is -0.225. The minimum absolute atomic E-state index is 0.0428. The van der Waals surface area contributed by atoms with Gasteiger partial charge in [-0.15, -0.1) is 0 Å². The lowest BCUT2D eigenvalue weighted by Gasteiger charge is -2.26. The van der Waals surface area contributed by atoms with Gasteiger partial charge in [0, 0.05) is 5.56 Å². The van der Waals surface area contributed by atoms with E-state index in [0.717, 1.165) is 11.3 Å². The third-order valence-corrected chi connectivity index (χ3v) is 3.92. The van der Waals surface area contributed by atoms with Gasteiger partial charge in [-0.2, -0.15) is 0 Å². The molecule has 1 fully saturated rings. The predicted molar refractivity (Wildman–Crippen MR) is 66.7 cm³/mol. The molecule has 6 heteroatoms. The van der Waals surface area contributed by atoms with Crippen LogP contribution in [0.25, 0.3) is 0 Å². The van der Waals surface area contributed by atoms with Gasteiger partial charge in [-0.25, -0.2) is 4.99 Å². The Kier molecular flexibility index (Phi) is 2.31. The first kappa shape index (κ1) is 10.9. The molecule has 88 valence electrons. The zero-order valence-corrected chi connectivity index (χ0v) is 10.5. The Labute approximate surface area is 108 Å². The van der Waals surface area contributed by atoms with Crippen LogP contribution in [0, 0.1) is 0 Å². The van der Waals surface area contributed by atoms with Gasteiger partial charge in [-0.1, -0.05) is 23.2 Å². The molecule has 1 amide bonds. The smallest absolute Gasteiger partial charge is 0.249 e. The van der Waals surface area contributed by atoms with Crippen LogP contribution in [0.5, 0.6) is 0 Å². The summed E-state index contributed by atoms with van der Waals surface area (Å²) in [5.41, 5.74) is 1.63. The number of nitrogens with zero attached hydrogens (tertiary/aromatic N) is 2. The summed E-state index contributed by atoms with van der Waals surface area (Å²) in [6.45, 7) is 2.38. The Morgan fingerprint density at radius 2 is 2.24 bits per heavy atom. The third kappa shape index (κ3) is 1.51. The first-order valence-electron chi connectivity index (χ1n) is 5.21. The molecular formula is C11H9Cl2N3O. The number of guanidine groups is 1. The lowest BCUT2D eigenvalue weighted by atomic mass is 10.1. The molecule has 2 aliphatic rings. The first-order valence-corrected chi connectivity index (χ1v) is 5.96. The molecule has 1 aromatic carbocycles. The number of nitrogens with one attached hydrogen (secondary N) is 1. The second kappa shape index (κ2) is 3.62. The van der Waals surface area contributed by atoms with Crippen LogP contribution in [-0.2, 0) is 11.3 Å². The van der Waals surface area contributed by atoms with Crippen molar-refractivity contribution in [3.63, 3.8) is 0 Å². The lowest BCUT2D eigenvalue weighted by Crippen LogP contribution is -2.35. The van der Waals surface area contributed by atoms with Crippen LogP contribution in [0.3, 0.4) is 0 Å². The Morgan fingerprint density at radius 3 is 3.00 bits per heavy atom. The van der Waals surface area contributed by atoms with Crippen molar-refractivity contribution < 1.29 is 4.79 Å². The summed E-state index contributed by atoms with van der Waals surface area (Å²) in [6, 6.07) is 3.29. The highest BCUT2D eigenvalue weighted by molar-refractivity contribution is 6.42. The molecule has 0 bridgehead atoms. The van der Waals surface area contributed by atoms with Gasteiger partial charge in [0.05, 0.1) is 22.3 Å². The summed E-state index contributed by atoms with van der Waals surface area (Å²) in [6.07, 6.45) is 0. The molecule has 2 heterocycles. The summed E-state index contributed by atoms with van der Waals surface area (Å²) >= 11 is 12.1. The van der Waals surface area contributed by atoms with Crippen LogP contribution in [0.4, 0.5) is 5.69 Å². The van der Waals surface area contributed by atoms with Gasteiger partial charge in [-0.3, -0.25) is 10.1 Å². The molecule has 4 nitrogen and oxygen atoms in total.